The zero-order chi connectivity index (χ0) is 14.1. The van der Waals surface area contributed by atoms with Crippen molar-refractivity contribution in [3.8, 4) is 11.5 Å². The van der Waals surface area contributed by atoms with E-state index in [2.05, 4.69) is 5.32 Å². The summed E-state index contributed by atoms with van der Waals surface area (Å²) in [6, 6.07) is 5.71. The molecule has 106 valence electrons. The lowest BCUT2D eigenvalue weighted by Crippen LogP contribution is -2.24. The Labute approximate surface area is 114 Å². The Morgan fingerprint density at radius 3 is 2.79 bits per heavy atom. The van der Waals surface area contributed by atoms with Crippen LogP contribution in [0.1, 0.15) is 18.9 Å². The molecule has 0 heterocycles. The van der Waals surface area contributed by atoms with Gasteiger partial charge in [-0.3, -0.25) is 4.79 Å². The van der Waals surface area contributed by atoms with Gasteiger partial charge in [-0.1, -0.05) is 6.07 Å². The van der Waals surface area contributed by atoms with Crippen LogP contribution in [0.15, 0.2) is 18.2 Å². The predicted octanol–water partition coefficient (Wildman–Crippen LogP) is 1.10. The number of methoxy groups -OCH3 is 1. The quantitative estimate of drug-likeness (QED) is 0.739. The molecule has 0 aliphatic carbocycles. The molecule has 0 radical (unpaired) electrons. The van der Waals surface area contributed by atoms with Crippen molar-refractivity contribution < 1.29 is 14.3 Å². The first kappa shape index (κ1) is 15.3. The molecule has 0 bridgehead atoms. The highest BCUT2D eigenvalue weighted by Gasteiger charge is 2.07. The maximum Gasteiger partial charge on any atom is 0.223 e. The summed E-state index contributed by atoms with van der Waals surface area (Å²) in [5.74, 6) is 1.30. The summed E-state index contributed by atoms with van der Waals surface area (Å²) < 4.78 is 10.8. The van der Waals surface area contributed by atoms with Crippen molar-refractivity contribution in [3.05, 3.63) is 23.8 Å². The minimum absolute atomic E-state index is 0.0128. The lowest BCUT2D eigenvalue weighted by molar-refractivity contribution is -0.121. The SMILES string of the molecule is CCNC(=O)CCOc1ccc(CCN)cc1OC. The van der Waals surface area contributed by atoms with Crippen LogP contribution in [0.2, 0.25) is 0 Å². The van der Waals surface area contributed by atoms with Crippen LogP contribution in [-0.4, -0.2) is 32.7 Å². The third-order valence-corrected chi connectivity index (χ3v) is 2.62. The second kappa shape index (κ2) is 8.37. The van der Waals surface area contributed by atoms with Gasteiger partial charge < -0.3 is 20.5 Å². The molecule has 0 aliphatic rings. The lowest BCUT2D eigenvalue weighted by Gasteiger charge is -2.12. The monoisotopic (exact) mass is 266 g/mol. The molecule has 0 atom stereocenters. The Hall–Kier alpha value is -1.75. The highest BCUT2D eigenvalue weighted by atomic mass is 16.5. The van der Waals surface area contributed by atoms with E-state index < -0.39 is 0 Å². The van der Waals surface area contributed by atoms with Crippen LogP contribution in [0.25, 0.3) is 0 Å². The fraction of sp³-hybridized carbons (Fsp3) is 0.500. The second-order valence-electron chi connectivity index (χ2n) is 4.08. The highest BCUT2D eigenvalue weighted by Crippen LogP contribution is 2.28. The summed E-state index contributed by atoms with van der Waals surface area (Å²) in [7, 11) is 1.60. The van der Waals surface area contributed by atoms with Crippen LogP contribution in [0.5, 0.6) is 11.5 Å². The van der Waals surface area contributed by atoms with Gasteiger partial charge in [0.05, 0.1) is 20.1 Å². The van der Waals surface area contributed by atoms with Crippen molar-refractivity contribution in [1.82, 2.24) is 5.32 Å². The summed E-state index contributed by atoms with van der Waals surface area (Å²) in [6.45, 7) is 3.45. The number of carbonyl (C=O) groups excluding carboxylic acids is 1. The van der Waals surface area contributed by atoms with E-state index in [0.29, 0.717) is 37.6 Å². The number of ether oxygens (including phenoxy) is 2. The van der Waals surface area contributed by atoms with Crippen LogP contribution in [-0.2, 0) is 11.2 Å². The topological polar surface area (TPSA) is 73.6 Å². The molecule has 0 aliphatic heterocycles. The van der Waals surface area contributed by atoms with Crippen molar-refractivity contribution in [1.29, 1.82) is 0 Å². The van der Waals surface area contributed by atoms with E-state index >= 15 is 0 Å². The number of benzene rings is 1. The maximum absolute atomic E-state index is 11.3. The first-order chi connectivity index (χ1) is 9.21. The largest absolute Gasteiger partial charge is 0.493 e. The van der Waals surface area contributed by atoms with Gasteiger partial charge in [-0.15, -0.1) is 0 Å². The average molecular weight is 266 g/mol. The molecule has 5 nitrogen and oxygen atoms in total. The van der Waals surface area contributed by atoms with Crippen molar-refractivity contribution in [2.45, 2.75) is 19.8 Å². The van der Waals surface area contributed by atoms with Crippen molar-refractivity contribution in [2.75, 3.05) is 26.8 Å². The first-order valence-corrected chi connectivity index (χ1v) is 6.47. The lowest BCUT2D eigenvalue weighted by atomic mass is 10.1. The van der Waals surface area contributed by atoms with Gasteiger partial charge in [0.25, 0.3) is 0 Å². The Morgan fingerprint density at radius 1 is 1.37 bits per heavy atom. The molecule has 0 saturated carbocycles. The molecule has 1 rings (SSSR count). The number of hydrogen-bond donors (Lipinski definition) is 2. The summed E-state index contributed by atoms with van der Waals surface area (Å²) in [4.78, 5) is 11.3. The summed E-state index contributed by atoms with van der Waals surface area (Å²) in [6.07, 6.45) is 1.14. The summed E-state index contributed by atoms with van der Waals surface area (Å²) in [5, 5.41) is 2.72. The van der Waals surface area contributed by atoms with E-state index in [1.54, 1.807) is 7.11 Å². The third kappa shape index (κ3) is 5.18. The molecule has 0 spiro atoms. The van der Waals surface area contributed by atoms with Gasteiger partial charge in [0, 0.05) is 6.54 Å². The molecule has 1 aromatic rings. The molecule has 0 aromatic heterocycles. The minimum Gasteiger partial charge on any atom is -0.493 e. The van der Waals surface area contributed by atoms with E-state index in [1.807, 2.05) is 25.1 Å². The van der Waals surface area contributed by atoms with Gasteiger partial charge in [0.2, 0.25) is 5.91 Å². The predicted molar refractivity (Wildman–Crippen MR) is 74.5 cm³/mol. The van der Waals surface area contributed by atoms with E-state index in [0.717, 1.165) is 12.0 Å². The summed E-state index contributed by atoms with van der Waals surface area (Å²) in [5.41, 5.74) is 6.62. The number of rotatable bonds is 8. The molecular weight excluding hydrogens is 244 g/mol. The third-order valence-electron chi connectivity index (χ3n) is 2.62. The molecule has 0 fully saturated rings. The summed E-state index contributed by atoms with van der Waals surface area (Å²) >= 11 is 0. The molecule has 1 amide bonds. The van der Waals surface area contributed by atoms with Gasteiger partial charge in [-0.25, -0.2) is 0 Å². The van der Waals surface area contributed by atoms with E-state index in [1.165, 1.54) is 0 Å². The Kier molecular flexibility index (Phi) is 6.74. The second-order valence-corrected chi connectivity index (χ2v) is 4.08. The van der Waals surface area contributed by atoms with E-state index in [4.69, 9.17) is 15.2 Å². The van der Waals surface area contributed by atoms with Crippen LogP contribution in [0.4, 0.5) is 0 Å². The molecule has 1 aromatic carbocycles. The van der Waals surface area contributed by atoms with E-state index in [9.17, 15) is 4.79 Å². The molecular formula is C14H22N2O3. The van der Waals surface area contributed by atoms with Gasteiger partial charge in [0.1, 0.15) is 0 Å². The van der Waals surface area contributed by atoms with Crippen molar-refractivity contribution in [3.63, 3.8) is 0 Å². The van der Waals surface area contributed by atoms with E-state index in [-0.39, 0.29) is 5.91 Å². The Bertz CT molecular complexity index is 408. The fourth-order valence-corrected chi connectivity index (χ4v) is 1.69. The molecule has 0 unspecified atom stereocenters. The molecule has 0 saturated heterocycles. The molecule has 5 heteroatoms. The average Bonchev–Trinajstić information content (AvgIpc) is 2.40. The van der Waals surface area contributed by atoms with Crippen LogP contribution >= 0.6 is 0 Å². The smallest absolute Gasteiger partial charge is 0.223 e. The van der Waals surface area contributed by atoms with Gasteiger partial charge in [-0.2, -0.15) is 0 Å². The standard InChI is InChI=1S/C14H22N2O3/c1-3-16-14(17)7-9-19-12-5-4-11(6-8-15)10-13(12)18-2/h4-5,10H,3,6-9,15H2,1-2H3,(H,16,17). The number of amides is 1. The van der Waals surface area contributed by atoms with Gasteiger partial charge >= 0.3 is 0 Å². The number of hydrogen-bond acceptors (Lipinski definition) is 4. The van der Waals surface area contributed by atoms with Crippen molar-refractivity contribution in [2.24, 2.45) is 5.73 Å². The highest BCUT2D eigenvalue weighted by molar-refractivity contribution is 5.75. The first-order valence-electron chi connectivity index (χ1n) is 6.47. The fourth-order valence-electron chi connectivity index (χ4n) is 1.69. The molecule has 3 N–H and O–H groups in total. The normalized spacial score (nSPS) is 10.1. The number of nitrogens with one attached hydrogen (secondary N) is 1. The zero-order valence-electron chi connectivity index (χ0n) is 11.6. The van der Waals surface area contributed by atoms with Gasteiger partial charge in [0.15, 0.2) is 11.5 Å². The zero-order valence-corrected chi connectivity index (χ0v) is 11.6. The number of carbonyl (C=O) groups is 1. The Balaban J connectivity index is 2.55. The van der Waals surface area contributed by atoms with Crippen molar-refractivity contribution >= 4 is 5.91 Å². The maximum atomic E-state index is 11.3. The van der Waals surface area contributed by atoms with Gasteiger partial charge in [-0.05, 0) is 37.6 Å². The minimum atomic E-state index is -0.0128. The number of nitrogens with two attached hydrogens (primary N) is 1. The van der Waals surface area contributed by atoms with Crippen LogP contribution in [0.3, 0.4) is 0 Å². The Morgan fingerprint density at radius 2 is 2.16 bits per heavy atom. The van der Waals surface area contributed by atoms with Crippen LogP contribution in [0, 0.1) is 0 Å². The van der Waals surface area contributed by atoms with Crippen LogP contribution < -0.4 is 20.5 Å². The molecule has 19 heavy (non-hydrogen) atoms.